The molecule has 138 valence electrons. The molecule has 1 saturated heterocycles. The van der Waals surface area contributed by atoms with Gasteiger partial charge in [-0.05, 0) is 25.7 Å². The van der Waals surface area contributed by atoms with Gasteiger partial charge in [0.15, 0.2) is 0 Å². The Morgan fingerprint density at radius 3 is 2.84 bits per heavy atom. The van der Waals surface area contributed by atoms with Gasteiger partial charge >= 0.3 is 11.8 Å². The van der Waals surface area contributed by atoms with Crippen LogP contribution in [0.5, 0.6) is 0 Å². The Morgan fingerprint density at radius 1 is 1.32 bits per heavy atom. The van der Waals surface area contributed by atoms with Gasteiger partial charge in [-0.15, -0.1) is 0 Å². The Balaban J connectivity index is 1.49. The van der Waals surface area contributed by atoms with Crippen molar-refractivity contribution in [3.05, 3.63) is 17.5 Å². The van der Waals surface area contributed by atoms with E-state index >= 15 is 0 Å². The maximum absolute atomic E-state index is 12.1. The first kappa shape index (κ1) is 17.9. The number of carbonyl (C=O) groups is 2. The highest BCUT2D eigenvalue weighted by atomic mass is 32.2. The topological polar surface area (TPSA) is 113 Å². The Morgan fingerprint density at radius 2 is 2.12 bits per heavy atom. The Kier molecular flexibility index (Phi) is 5.09. The van der Waals surface area contributed by atoms with Crippen LogP contribution in [-0.4, -0.2) is 59.7 Å². The van der Waals surface area contributed by atoms with Crippen LogP contribution >= 0.6 is 0 Å². The lowest BCUT2D eigenvalue weighted by atomic mass is 9.93. The van der Waals surface area contributed by atoms with Gasteiger partial charge < -0.3 is 10.6 Å². The number of nitrogens with zero attached hydrogens (tertiary/aromatic N) is 3. The van der Waals surface area contributed by atoms with E-state index in [-0.39, 0.29) is 24.9 Å². The highest BCUT2D eigenvalue weighted by Gasteiger charge is 2.29. The lowest BCUT2D eigenvalue weighted by molar-refractivity contribution is -0.139. The lowest BCUT2D eigenvalue weighted by Gasteiger charge is -2.22. The molecule has 1 aliphatic heterocycles. The molecule has 0 spiro atoms. The molecule has 1 aromatic rings. The first-order valence-corrected chi connectivity index (χ1v) is 10.1. The minimum absolute atomic E-state index is 0.119. The normalized spacial score (nSPS) is 22.4. The predicted molar refractivity (Wildman–Crippen MR) is 90.0 cm³/mol. The van der Waals surface area contributed by atoms with Crippen LogP contribution in [-0.2, 0) is 33.1 Å². The molecular formula is C15H23N5O4S. The second-order valence-corrected chi connectivity index (χ2v) is 8.54. The summed E-state index contributed by atoms with van der Waals surface area (Å²) < 4.78 is 26.4. The van der Waals surface area contributed by atoms with E-state index in [0.717, 1.165) is 30.5 Å². The number of sulfonamides is 1. The van der Waals surface area contributed by atoms with Crippen molar-refractivity contribution in [2.24, 2.45) is 7.05 Å². The first-order chi connectivity index (χ1) is 11.9. The fourth-order valence-electron chi connectivity index (χ4n) is 3.36. The number of amides is 2. The highest BCUT2D eigenvalue weighted by molar-refractivity contribution is 7.89. The molecule has 25 heavy (non-hydrogen) atoms. The van der Waals surface area contributed by atoms with Gasteiger partial charge in [-0.2, -0.15) is 5.10 Å². The molecule has 2 heterocycles. The third-order valence-corrected chi connectivity index (χ3v) is 6.54. The number of nitrogens with one attached hydrogen (secondary N) is 2. The maximum atomic E-state index is 12.1. The van der Waals surface area contributed by atoms with Crippen molar-refractivity contribution in [1.82, 2.24) is 24.7 Å². The van der Waals surface area contributed by atoms with Crippen molar-refractivity contribution in [2.75, 3.05) is 25.4 Å². The van der Waals surface area contributed by atoms with Crippen molar-refractivity contribution < 1.29 is 18.0 Å². The molecule has 0 saturated carbocycles. The van der Waals surface area contributed by atoms with Crippen molar-refractivity contribution in [3.63, 3.8) is 0 Å². The molecule has 1 aliphatic carbocycles. The standard InChI is InChI=1S/C15H23N5O4S/c1-19-10-11-12(4-2-5-13(11)18-19)17-15(22)14(21)16-6-8-20-7-3-9-25(20,23)24/h10,12H,2-9H2,1H3,(H,16,21)(H,17,22). The third-order valence-electron chi connectivity index (χ3n) is 4.58. The van der Waals surface area contributed by atoms with E-state index in [1.165, 1.54) is 4.31 Å². The number of rotatable bonds is 4. The van der Waals surface area contributed by atoms with Crippen molar-refractivity contribution in [1.29, 1.82) is 0 Å². The van der Waals surface area contributed by atoms with Crippen LogP contribution in [0.2, 0.25) is 0 Å². The number of aromatic nitrogens is 2. The van der Waals surface area contributed by atoms with Crippen LogP contribution in [0.25, 0.3) is 0 Å². The summed E-state index contributed by atoms with van der Waals surface area (Å²) in [6.07, 6.45) is 5.02. The molecule has 10 heteroatoms. The zero-order chi connectivity index (χ0) is 18.0. The highest BCUT2D eigenvalue weighted by Crippen LogP contribution is 2.28. The molecule has 2 amide bonds. The summed E-state index contributed by atoms with van der Waals surface area (Å²) >= 11 is 0. The molecule has 1 atom stereocenters. The SMILES string of the molecule is Cn1cc2c(n1)CCCC2NC(=O)C(=O)NCCN1CCCS1(=O)=O. The van der Waals surface area contributed by atoms with Crippen LogP contribution in [0.1, 0.15) is 36.6 Å². The summed E-state index contributed by atoms with van der Waals surface area (Å²) in [4.78, 5) is 24.1. The van der Waals surface area contributed by atoms with Gasteiger partial charge in [0, 0.05) is 38.4 Å². The summed E-state index contributed by atoms with van der Waals surface area (Å²) in [6, 6.07) is -0.213. The second-order valence-electron chi connectivity index (χ2n) is 6.45. The Bertz CT molecular complexity index is 773. The van der Waals surface area contributed by atoms with E-state index in [0.29, 0.717) is 13.0 Å². The van der Waals surface area contributed by atoms with Crippen LogP contribution < -0.4 is 10.6 Å². The summed E-state index contributed by atoms with van der Waals surface area (Å²) in [6.45, 7) is 0.780. The van der Waals surface area contributed by atoms with Crippen LogP contribution in [0.15, 0.2) is 6.20 Å². The molecule has 1 fully saturated rings. The zero-order valence-corrected chi connectivity index (χ0v) is 15.0. The average Bonchev–Trinajstić information content (AvgIpc) is 3.09. The fourth-order valence-corrected chi connectivity index (χ4v) is 4.89. The first-order valence-electron chi connectivity index (χ1n) is 8.46. The molecule has 1 unspecified atom stereocenters. The van der Waals surface area contributed by atoms with Crippen LogP contribution in [0, 0.1) is 0 Å². The minimum atomic E-state index is -3.19. The molecule has 3 rings (SSSR count). The summed E-state index contributed by atoms with van der Waals surface area (Å²) in [7, 11) is -1.36. The fraction of sp³-hybridized carbons (Fsp3) is 0.667. The average molecular weight is 369 g/mol. The third kappa shape index (κ3) is 4.01. The van der Waals surface area contributed by atoms with E-state index in [2.05, 4.69) is 15.7 Å². The molecule has 0 bridgehead atoms. The molecule has 0 radical (unpaired) electrons. The second kappa shape index (κ2) is 7.12. The van der Waals surface area contributed by atoms with Gasteiger partial charge in [0.2, 0.25) is 10.0 Å². The Labute approximate surface area is 146 Å². The number of carbonyl (C=O) groups excluding carboxylic acids is 2. The smallest absolute Gasteiger partial charge is 0.309 e. The number of aryl methyl sites for hydroxylation is 2. The molecule has 2 N–H and O–H groups in total. The van der Waals surface area contributed by atoms with E-state index < -0.39 is 21.8 Å². The zero-order valence-electron chi connectivity index (χ0n) is 14.2. The molecule has 1 aromatic heterocycles. The number of hydrogen-bond acceptors (Lipinski definition) is 5. The summed E-state index contributed by atoms with van der Waals surface area (Å²) in [5.74, 6) is -1.30. The number of fused-ring (bicyclic) bond motifs is 1. The quantitative estimate of drug-likeness (QED) is 0.666. The van der Waals surface area contributed by atoms with Gasteiger partial charge in [-0.25, -0.2) is 12.7 Å². The molecule has 0 aromatic carbocycles. The van der Waals surface area contributed by atoms with Gasteiger partial charge in [0.1, 0.15) is 0 Å². The van der Waals surface area contributed by atoms with Gasteiger partial charge in [-0.1, -0.05) is 0 Å². The van der Waals surface area contributed by atoms with Crippen LogP contribution in [0.4, 0.5) is 0 Å². The molecule has 9 nitrogen and oxygen atoms in total. The van der Waals surface area contributed by atoms with Crippen molar-refractivity contribution >= 4 is 21.8 Å². The minimum Gasteiger partial charge on any atom is -0.347 e. The van der Waals surface area contributed by atoms with E-state index in [4.69, 9.17) is 0 Å². The van der Waals surface area contributed by atoms with E-state index in [1.54, 1.807) is 4.68 Å². The van der Waals surface area contributed by atoms with Crippen molar-refractivity contribution in [2.45, 2.75) is 31.7 Å². The van der Waals surface area contributed by atoms with Gasteiger partial charge in [0.05, 0.1) is 17.5 Å². The predicted octanol–water partition coefficient (Wildman–Crippen LogP) is -0.935. The van der Waals surface area contributed by atoms with Crippen molar-refractivity contribution in [3.8, 4) is 0 Å². The lowest BCUT2D eigenvalue weighted by Crippen LogP contribution is -2.44. The molecular weight excluding hydrogens is 346 g/mol. The maximum Gasteiger partial charge on any atom is 0.309 e. The Hall–Kier alpha value is -1.94. The number of hydrogen-bond donors (Lipinski definition) is 2. The largest absolute Gasteiger partial charge is 0.347 e. The summed E-state index contributed by atoms with van der Waals surface area (Å²) in [5, 5.41) is 9.60. The van der Waals surface area contributed by atoms with Gasteiger partial charge in [-0.3, -0.25) is 14.3 Å². The summed E-state index contributed by atoms with van der Waals surface area (Å²) in [5.41, 5.74) is 1.91. The molecule has 2 aliphatic rings. The van der Waals surface area contributed by atoms with Gasteiger partial charge in [0.25, 0.3) is 0 Å². The van der Waals surface area contributed by atoms with E-state index in [9.17, 15) is 18.0 Å². The van der Waals surface area contributed by atoms with Crippen LogP contribution in [0.3, 0.4) is 0 Å². The monoisotopic (exact) mass is 369 g/mol. The van der Waals surface area contributed by atoms with E-state index in [1.807, 2.05) is 13.2 Å².